The molecule has 0 spiro atoms. The van der Waals surface area contributed by atoms with E-state index in [1.807, 2.05) is 6.92 Å². The molecule has 0 atom stereocenters. The van der Waals surface area contributed by atoms with E-state index in [-0.39, 0.29) is 11.5 Å². The Morgan fingerprint density at radius 2 is 2.07 bits per heavy atom. The van der Waals surface area contributed by atoms with Gasteiger partial charge in [-0.2, -0.15) is 4.52 Å². The summed E-state index contributed by atoms with van der Waals surface area (Å²) in [7, 11) is 3.02. The van der Waals surface area contributed by atoms with Crippen LogP contribution in [0.1, 0.15) is 19.0 Å². The van der Waals surface area contributed by atoms with Crippen LogP contribution in [0.2, 0.25) is 0 Å². The fourth-order valence-corrected chi connectivity index (χ4v) is 2.61. The smallest absolute Gasteiger partial charge is 0.323 e. The molecule has 3 N–H and O–H groups in total. The second kappa shape index (κ2) is 7.77. The monoisotopic (exact) mass is 372 g/mol. The number of methoxy groups -OCH3 is 2. The first kappa shape index (κ1) is 18.2. The Morgan fingerprint density at radius 1 is 1.26 bits per heavy atom. The number of hydrogen-bond acceptors (Lipinski definition) is 6. The molecule has 27 heavy (non-hydrogen) atoms. The van der Waals surface area contributed by atoms with Crippen molar-refractivity contribution >= 4 is 23.2 Å². The molecular formula is C17H20N6O4. The molecule has 0 bridgehead atoms. The van der Waals surface area contributed by atoms with Gasteiger partial charge in [-0.1, -0.05) is 13.3 Å². The van der Waals surface area contributed by atoms with E-state index in [1.54, 1.807) is 18.2 Å². The molecule has 3 rings (SSSR count). The molecule has 0 aliphatic carbocycles. The summed E-state index contributed by atoms with van der Waals surface area (Å²) in [4.78, 5) is 33.5. The van der Waals surface area contributed by atoms with E-state index < -0.39 is 11.6 Å². The first-order chi connectivity index (χ1) is 13.1. The minimum atomic E-state index is -0.589. The van der Waals surface area contributed by atoms with Crippen LogP contribution in [0.4, 0.5) is 16.2 Å². The quantitative estimate of drug-likeness (QED) is 0.608. The Morgan fingerprint density at radius 3 is 2.78 bits per heavy atom. The number of aryl methyl sites for hydroxylation is 1. The van der Waals surface area contributed by atoms with Gasteiger partial charge in [-0.15, -0.1) is 0 Å². The summed E-state index contributed by atoms with van der Waals surface area (Å²) in [6.45, 7) is 1.96. The zero-order valence-electron chi connectivity index (χ0n) is 15.2. The maximum atomic E-state index is 12.6. The fraction of sp³-hybridized carbons (Fsp3) is 0.294. The molecule has 0 aliphatic heterocycles. The molecule has 0 saturated heterocycles. The summed E-state index contributed by atoms with van der Waals surface area (Å²) in [6.07, 6.45) is 2.65. The van der Waals surface area contributed by atoms with E-state index >= 15 is 0 Å². The van der Waals surface area contributed by atoms with Gasteiger partial charge in [0.15, 0.2) is 0 Å². The summed E-state index contributed by atoms with van der Waals surface area (Å²) in [5.74, 6) is 1.28. The van der Waals surface area contributed by atoms with Gasteiger partial charge in [0.25, 0.3) is 11.3 Å². The number of hydrogen-bond donors (Lipinski definition) is 3. The molecule has 2 amide bonds. The predicted molar refractivity (Wildman–Crippen MR) is 99.8 cm³/mol. The molecule has 2 aromatic heterocycles. The van der Waals surface area contributed by atoms with Crippen molar-refractivity contribution in [3.8, 4) is 11.5 Å². The van der Waals surface area contributed by atoms with Gasteiger partial charge in [0.05, 0.1) is 25.6 Å². The Balaban J connectivity index is 1.89. The number of nitrogens with one attached hydrogen (secondary N) is 3. The van der Waals surface area contributed by atoms with Crippen LogP contribution >= 0.6 is 0 Å². The average molecular weight is 372 g/mol. The average Bonchev–Trinajstić information content (AvgIpc) is 3.14. The van der Waals surface area contributed by atoms with E-state index in [1.165, 1.54) is 25.1 Å². The molecule has 0 aliphatic rings. The third-order valence-corrected chi connectivity index (χ3v) is 3.89. The number of H-pyrrole nitrogens is 1. The van der Waals surface area contributed by atoms with E-state index in [0.717, 1.165) is 6.42 Å². The van der Waals surface area contributed by atoms with Crippen molar-refractivity contribution in [1.29, 1.82) is 0 Å². The van der Waals surface area contributed by atoms with Crippen LogP contribution < -0.4 is 25.7 Å². The molecule has 3 aromatic rings. The van der Waals surface area contributed by atoms with Gasteiger partial charge in [0.2, 0.25) is 0 Å². The maximum Gasteiger partial charge on any atom is 0.323 e. The van der Waals surface area contributed by atoms with Gasteiger partial charge in [-0.3, -0.25) is 9.89 Å². The maximum absolute atomic E-state index is 12.6. The third kappa shape index (κ3) is 3.68. The number of carbonyl (C=O) groups is 1. The van der Waals surface area contributed by atoms with Gasteiger partial charge >= 0.3 is 6.03 Å². The number of aromatic nitrogens is 4. The Kier molecular flexibility index (Phi) is 5.25. The minimum Gasteiger partial charge on any atom is -0.497 e. The highest BCUT2D eigenvalue weighted by molar-refractivity contribution is 6.01. The van der Waals surface area contributed by atoms with E-state index in [0.29, 0.717) is 29.3 Å². The van der Waals surface area contributed by atoms with Crippen LogP contribution in [-0.4, -0.2) is 39.8 Å². The predicted octanol–water partition coefficient (Wildman–Crippen LogP) is 2.03. The molecule has 142 valence electrons. The molecule has 0 fully saturated rings. The molecular weight excluding hydrogens is 352 g/mol. The van der Waals surface area contributed by atoms with Gasteiger partial charge in [-0.25, -0.2) is 14.8 Å². The number of urea groups is 1. The lowest BCUT2D eigenvalue weighted by atomic mass is 10.2. The SMILES string of the molecule is CCCc1nc2nc[nH]n2c(=O)c1NC(=O)Nc1ccc(OC)cc1OC. The van der Waals surface area contributed by atoms with Gasteiger partial charge in [-0.05, 0) is 18.6 Å². The number of carbonyl (C=O) groups excluding carboxylic acids is 1. The first-order valence-corrected chi connectivity index (χ1v) is 8.32. The number of anilines is 2. The third-order valence-electron chi connectivity index (χ3n) is 3.89. The summed E-state index contributed by atoms with van der Waals surface area (Å²) >= 11 is 0. The van der Waals surface area contributed by atoms with Crippen LogP contribution in [0.5, 0.6) is 11.5 Å². The summed E-state index contributed by atoms with van der Waals surface area (Å²) in [6, 6.07) is 4.39. The second-order valence-corrected chi connectivity index (χ2v) is 5.66. The van der Waals surface area contributed by atoms with E-state index in [2.05, 4.69) is 25.7 Å². The Hall–Kier alpha value is -3.56. The molecule has 0 saturated carbocycles. The second-order valence-electron chi connectivity index (χ2n) is 5.66. The summed E-state index contributed by atoms with van der Waals surface area (Å²) < 4.78 is 11.6. The zero-order chi connectivity index (χ0) is 19.4. The lowest BCUT2D eigenvalue weighted by Crippen LogP contribution is -2.28. The highest BCUT2D eigenvalue weighted by Crippen LogP contribution is 2.29. The van der Waals surface area contributed by atoms with Crippen LogP contribution in [0.3, 0.4) is 0 Å². The van der Waals surface area contributed by atoms with Crippen molar-refractivity contribution in [3.63, 3.8) is 0 Å². The molecule has 10 heteroatoms. The minimum absolute atomic E-state index is 0.101. The number of aromatic amines is 1. The molecule has 2 heterocycles. The van der Waals surface area contributed by atoms with Crippen LogP contribution in [0.25, 0.3) is 5.78 Å². The first-order valence-electron chi connectivity index (χ1n) is 8.32. The number of benzene rings is 1. The molecule has 0 unspecified atom stereocenters. The number of ether oxygens (including phenoxy) is 2. The normalized spacial score (nSPS) is 10.6. The molecule has 10 nitrogen and oxygen atoms in total. The zero-order valence-corrected chi connectivity index (χ0v) is 15.2. The highest BCUT2D eigenvalue weighted by atomic mass is 16.5. The van der Waals surface area contributed by atoms with Gasteiger partial charge < -0.3 is 20.1 Å². The number of amides is 2. The number of fused-ring (bicyclic) bond motifs is 1. The molecule has 1 aromatic carbocycles. The Labute approximate surface area is 154 Å². The molecule has 0 radical (unpaired) electrons. The Bertz CT molecular complexity index is 1030. The topological polar surface area (TPSA) is 123 Å². The van der Waals surface area contributed by atoms with Crippen LogP contribution in [-0.2, 0) is 6.42 Å². The van der Waals surface area contributed by atoms with Gasteiger partial charge in [0, 0.05) is 6.07 Å². The van der Waals surface area contributed by atoms with Gasteiger partial charge in [0.1, 0.15) is 23.5 Å². The van der Waals surface area contributed by atoms with Crippen LogP contribution in [0, 0.1) is 0 Å². The largest absolute Gasteiger partial charge is 0.497 e. The number of nitrogens with zero attached hydrogens (tertiary/aromatic N) is 3. The lowest BCUT2D eigenvalue weighted by Gasteiger charge is -2.13. The standard InChI is InChI=1S/C17H20N6O4/c1-4-5-12-14(15(24)23-16(20-12)18-9-19-23)22-17(25)21-11-7-6-10(26-2)8-13(11)27-3/h6-9H,4-5H2,1-3H3,(H,18,19,20)(H2,21,22,25). The van der Waals surface area contributed by atoms with Crippen molar-refractivity contribution in [3.05, 3.63) is 40.6 Å². The number of rotatable bonds is 6. The van der Waals surface area contributed by atoms with E-state index in [9.17, 15) is 9.59 Å². The van der Waals surface area contributed by atoms with Crippen molar-refractivity contribution in [1.82, 2.24) is 19.6 Å². The highest BCUT2D eigenvalue weighted by Gasteiger charge is 2.17. The van der Waals surface area contributed by atoms with Crippen LogP contribution in [0.15, 0.2) is 29.3 Å². The lowest BCUT2D eigenvalue weighted by molar-refractivity contribution is 0.262. The summed E-state index contributed by atoms with van der Waals surface area (Å²) in [5, 5.41) is 7.94. The van der Waals surface area contributed by atoms with Crippen molar-refractivity contribution in [2.75, 3.05) is 24.9 Å². The fourth-order valence-electron chi connectivity index (χ4n) is 2.61. The van der Waals surface area contributed by atoms with Crippen molar-refractivity contribution < 1.29 is 14.3 Å². The summed E-state index contributed by atoms with van der Waals surface area (Å²) in [5.41, 5.74) is 0.580. The van der Waals surface area contributed by atoms with Crippen molar-refractivity contribution in [2.45, 2.75) is 19.8 Å². The van der Waals surface area contributed by atoms with Crippen molar-refractivity contribution in [2.24, 2.45) is 0 Å². The van der Waals surface area contributed by atoms with E-state index in [4.69, 9.17) is 9.47 Å².